The third-order valence-electron chi connectivity index (χ3n) is 4.06. The molecule has 1 amide bonds. The molecular weight excluding hydrogens is 428 g/mol. The lowest BCUT2D eigenvalue weighted by Crippen LogP contribution is -2.25. The SMILES string of the molecule is NS(=O)(=O)c1ccc(CNC(=O)c2cc(-c3cccs3)nn2-c2ccccc2)s1. The van der Waals surface area contributed by atoms with Gasteiger partial charge in [0.15, 0.2) is 0 Å². The number of nitrogens with zero attached hydrogens (tertiary/aromatic N) is 2. The fraction of sp³-hybridized carbons (Fsp3) is 0.0526. The second kappa shape index (κ2) is 7.91. The number of carbonyl (C=O) groups is 1. The molecule has 1 aromatic carbocycles. The second-order valence-corrected chi connectivity index (χ2v) is 9.99. The number of nitrogens with two attached hydrogens (primary N) is 1. The van der Waals surface area contributed by atoms with E-state index in [4.69, 9.17) is 5.14 Å². The zero-order valence-electron chi connectivity index (χ0n) is 15.0. The van der Waals surface area contributed by atoms with E-state index >= 15 is 0 Å². The van der Waals surface area contributed by atoms with Crippen LogP contribution in [0, 0.1) is 0 Å². The van der Waals surface area contributed by atoms with Crippen molar-refractivity contribution in [1.29, 1.82) is 0 Å². The van der Waals surface area contributed by atoms with Crippen LogP contribution >= 0.6 is 22.7 Å². The van der Waals surface area contributed by atoms with Gasteiger partial charge in [0.1, 0.15) is 15.6 Å². The first-order valence-electron chi connectivity index (χ1n) is 8.51. The molecule has 0 aliphatic rings. The van der Waals surface area contributed by atoms with Crippen molar-refractivity contribution in [3.05, 3.63) is 76.6 Å². The second-order valence-electron chi connectivity index (χ2n) is 6.09. The molecule has 0 unspecified atom stereocenters. The van der Waals surface area contributed by atoms with Gasteiger partial charge in [0.25, 0.3) is 5.91 Å². The minimum atomic E-state index is -3.74. The Balaban J connectivity index is 1.61. The van der Waals surface area contributed by atoms with Gasteiger partial charge in [0.05, 0.1) is 17.1 Å². The van der Waals surface area contributed by atoms with Crippen molar-refractivity contribution >= 4 is 38.6 Å². The number of carbonyl (C=O) groups excluding carboxylic acids is 1. The van der Waals surface area contributed by atoms with Gasteiger partial charge in [0.2, 0.25) is 10.0 Å². The van der Waals surface area contributed by atoms with E-state index in [1.54, 1.807) is 28.2 Å². The molecule has 0 aliphatic heterocycles. The topological polar surface area (TPSA) is 107 Å². The number of amides is 1. The van der Waals surface area contributed by atoms with Gasteiger partial charge in [-0.05, 0) is 41.8 Å². The first kappa shape index (κ1) is 19.5. The first-order chi connectivity index (χ1) is 13.9. The van der Waals surface area contributed by atoms with Crippen LogP contribution in [0.4, 0.5) is 0 Å². The Morgan fingerprint density at radius 3 is 2.55 bits per heavy atom. The third-order valence-corrected chi connectivity index (χ3v) is 7.47. The molecule has 0 spiro atoms. The number of thiophene rings is 2. The number of para-hydroxylation sites is 1. The lowest BCUT2D eigenvalue weighted by atomic mass is 10.3. The number of hydrogen-bond donors (Lipinski definition) is 2. The minimum Gasteiger partial charge on any atom is -0.346 e. The highest BCUT2D eigenvalue weighted by atomic mass is 32.2. The molecule has 0 bridgehead atoms. The molecule has 10 heteroatoms. The zero-order chi connectivity index (χ0) is 20.4. The van der Waals surface area contributed by atoms with Crippen LogP contribution in [0.1, 0.15) is 15.4 Å². The Bertz CT molecular complexity index is 1240. The number of nitrogens with one attached hydrogen (secondary N) is 1. The summed E-state index contributed by atoms with van der Waals surface area (Å²) in [6.07, 6.45) is 0. The van der Waals surface area contributed by atoms with Crippen LogP contribution in [0.15, 0.2) is 70.3 Å². The summed E-state index contributed by atoms with van der Waals surface area (Å²) in [6, 6.07) is 18.1. The Morgan fingerprint density at radius 2 is 1.90 bits per heavy atom. The summed E-state index contributed by atoms with van der Waals surface area (Å²) in [6.45, 7) is 0.188. The Kier molecular flexibility index (Phi) is 5.33. The quantitative estimate of drug-likeness (QED) is 0.476. The number of hydrogen-bond acceptors (Lipinski definition) is 6. The molecule has 4 aromatic rings. The fourth-order valence-electron chi connectivity index (χ4n) is 2.72. The van der Waals surface area contributed by atoms with Gasteiger partial charge in [-0.2, -0.15) is 5.10 Å². The molecule has 4 rings (SSSR count). The predicted octanol–water partition coefficient (Wildman–Crippen LogP) is 3.24. The molecule has 7 nitrogen and oxygen atoms in total. The highest BCUT2D eigenvalue weighted by molar-refractivity contribution is 7.91. The number of rotatable bonds is 6. The normalized spacial score (nSPS) is 11.5. The Morgan fingerprint density at radius 1 is 1.10 bits per heavy atom. The molecule has 0 fully saturated rings. The summed E-state index contributed by atoms with van der Waals surface area (Å²) < 4.78 is 24.5. The van der Waals surface area contributed by atoms with E-state index in [1.165, 1.54) is 6.07 Å². The fourth-order valence-corrected chi connectivity index (χ4v) is 5.12. The van der Waals surface area contributed by atoms with Crippen molar-refractivity contribution in [3.8, 4) is 16.3 Å². The molecule has 0 saturated carbocycles. The van der Waals surface area contributed by atoms with Gasteiger partial charge < -0.3 is 5.32 Å². The number of sulfonamides is 1. The summed E-state index contributed by atoms with van der Waals surface area (Å²) in [5.41, 5.74) is 1.87. The molecule has 0 saturated heterocycles. The smallest absolute Gasteiger partial charge is 0.270 e. The van der Waals surface area contributed by atoms with E-state index in [2.05, 4.69) is 10.4 Å². The maximum atomic E-state index is 12.9. The van der Waals surface area contributed by atoms with Crippen LogP contribution in [0.3, 0.4) is 0 Å². The van der Waals surface area contributed by atoms with Crippen molar-refractivity contribution in [2.24, 2.45) is 5.14 Å². The molecule has 29 heavy (non-hydrogen) atoms. The monoisotopic (exact) mass is 444 g/mol. The third kappa shape index (κ3) is 4.30. The predicted molar refractivity (Wildman–Crippen MR) is 114 cm³/mol. The number of primary sulfonamides is 1. The number of aromatic nitrogens is 2. The molecule has 0 radical (unpaired) electrons. The van der Waals surface area contributed by atoms with E-state index in [0.29, 0.717) is 16.3 Å². The maximum Gasteiger partial charge on any atom is 0.270 e. The average molecular weight is 445 g/mol. The summed E-state index contributed by atoms with van der Waals surface area (Å²) >= 11 is 2.58. The largest absolute Gasteiger partial charge is 0.346 e. The zero-order valence-corrected chi connectivity index (χ0v) is 17.4. The lowest BCUT2D eigenvalue weighted by Gasteiger charge is -2.07. The molecule has 148 valence electrons. The molecule has 3 N–H and O–H groups in total. The van der Waals surface area contributed by atoms with Gasteiger partial charge in [-0.1, -0.05) is 24.3 Å². The van der Waals surface area contributed by atoms with Crippen LogP contribution in [-0.4, -0.2) is 24.1 Å². The summed E-state index contributed by atoms with van der Waals surface area (Å²) in [7, 11) is -3.74. The van der Waals surface area contributed by atoms with Crippen molar-refractivity contribution in [3.63, 3.8) is 0 Å². The first-order valence-corrected chi connectivity index (χ1v) is 11.7. The van der Waals surface area contributed by atoms with Crippen LogP contribution in [-0.2, 0) is 16.6 Å². The van der Waals surface area contributed by atoms with Crippen LogP contribution in [0.5, 0.6) is 0 Å². The minimum absolute atomic E-state index is 0.0658. The van der Waals surface area contributed by atoms with Gasteiger partial charge in [0, 0.05) is 4.88 Å². The Labute approximate surface area is 175 Å². The van der Waals surface area contributed by atoms with Gasteiger partial charge in [-0.15, -0.1) is 22.7 Å². The van der Waals surface area contributed by atoms with Crippen LogP contribution in [0.25, 0.3) is 16.3 Å². The van der Waals surface area contributed by atoms with E-state index in [-0.39, 0.29) is 16.7 Å². The van der Waals surface area contributed by atoms with Crippen LogP contribution < -0.4 is 10.5 Å². The summed E-state index contributed by atoms with van der Waals surface area (Å²) in [5, 5.41) is 14.5. The summed E-state index contributed by atoms with van der Waals surface area (Å²) in [5.74, 6) is -0.310. The van der Waals surface area contributed by atoms with Crippen molar-refractivity contribution in [2.75, 3.05) is 0 Å². The van der Waals surface area contributed by atoms with Crippen molar-refractivity contribution in [2.45, 2.75) is 10.8 Å². The summed E-state index contributed by atoms with van der Waals surface area (Å²) in [4.78, 5) is 14.5. The highest BCUT2D eigenvalue weighted by Gasteiger charge is 2.18. The van der Waals surface area contributed by atoms with Crippen LogP contribution in [0.2, 0.25) is 0 Å². The molecular formula is C19H16N4O3S3. The van der Waals surface area contributed by atoms with Gasteiger partial charge in [-0.3, -0.25) is 4.79 Å². The van der Waals surface area contributed by atoms with Gasteiger partial charge >= 0.3 is 0 Å². The Hall–Kier alpha value is -2.79. The molecule has 3 aromatic heterocycles. The maximum absolute atomic E-state index is 12.9. The van der Waals surface area contributed by atoms with E-state index < -0.39 is 10.0 Å². The number of benzene rings is 1. The molecule has 0 aliphatic carbocycles. The average Bonchev–Trinajstić information content (AvgIpc) is 3.46. The van der Waals surface area contributed by atoms with Crippen molar-refractivity contribution < 1.29 is 13.2 Å². The molecule has 0 atom stereocenters. The van der Waals surface area contributed by atoms with Crippen molar-refractivity contribution in [1.82, 2.24) is 15.1 Å². The highest BCUT2D eigenvalue weighted by Crippen LogP contribution is 2.26. The standard InChI is InChI=1S/C19H16N4O3S3/c20-29(25,26)18-9-8-14(28-18)12-21-19(24)16-11-15(17-7-4-10-27-17)22-23(16)13-5-2-1-3-6-13/h1-11H,12H2,(H,21,24)(H2,20,25,26). The lowest BCUT2D eigenvalue weighted by molar-refractivity contribution is 0.0943. The van der Waals surface area contributed by atoms with E-state index in [1.807, 2.05) is 47.8 Å². The van der Waals surface area contributed by atoms with E-state index in [0.717, 1.165) is 21.9 Å². The molecule has 3 heterocycles. The van der Waals surface area contributed by atoms with Gasteiger partial charge in [-0.25, -0.2) is 18.2 Å². The van der Waals surface area contributed by atoms with E-state index in [9.17, 15) is 13.2 Å².